The molecule has 3 aromatic rings. The molecule has 164 valence electrons. The van der Waals surface area contributed by atoms with E-state index in [0.29, 0.717) is 0 Å². The highest BCUT2D eigenvalue weighted by Gasteiger charge is 2.20. The van der Waals surface area contributed by atoms with Gasteiger partial charge in [-0.05, 0) is 17.0 Å². The number of guanidine groups is 1. The number of nitrogens with zero attached hydrogens (tertiary/aromatic N) is 6. The average molecular weight is 438 g/mol. The summed E-state index contributed by atoms with van der Waals surface area (Å²) in [6.07, 6.45) is 2.70. The summed E-state index contributed by atoms with van der Waals surface area (Å²) in [5, 5.41) is 13.9. The summed E-state index contributed by atoms with van der Waals surface area (Å²) in [5.74, 6) is 2.02. The van der Waals surface area contributed by atoms with Crippen LogP contribution in [0.3, 0.4) is 0 Å². The molecule has 8 heteroatoms. The van der Waals surface area contributed by atoms with E-state index in [1.54, 1.807) is 11.3 Å². The summed E-state index contributed by atoms with van der Waals surface area (Å²) in [7, 11) is 0. The van der Waals surface area contributed by atoms with Gasteiger partial charge in [-0.1, -0.05) is 43.3 Å². The normalized spacial score (nSPS) is 15.4. The largest absolute Gasteiger partial charge is 0.354 e. The van der Waals surface area contributed by atoms with Gasteiger partial charge in [0.1, 0.15) is 12.2 Å². The number of benzene rings is 1. The van der Waals surface area contributed by atoms with E-state index in [0.717, 1.165) is 70.6 Å². The van der Waals surface area contributed by atoms with Gasteiger partial charge in [0.15, 0.2) is 5.96 Å². The standard InChI is InChI=1S/C23H31N7S/c1-2-22-27-26-19-30(22)11-10-24-23(25-17-21-9-6-16-31-21)29-14-12-28(13-15-29)18-20-7-4-3-5-8-20/h3-9,16,19H,2,10-15,17-18H2,1H3,(H,24,25). The molecule has 1 aromatic carbocycles. The smallest absolute Gasteiger partial charge is 0.194 e. The lowest BCUT2D eigenvalue weighted by molar-refractivity contribution is 0.172. The van der Waals surface area contributed by atoms with E-state index < -0.39 is 0 Å². The first-order valence-corrected chi connectivity index (χ1v) is 11.9. The Kier molecular flexibility index (Phi) is 7.68. The van der Waals surface area contributed by atoms with Gasteiger partial charge < -0.3 is 14.8 Å². The Labute approximate surface area is 188 Å². The molecule has 7 nitrogen and oxygen atoms in total. The Morgan fingerprint density at radius 3 is 2.68 bits per heavy atom. The van der Waals surface area contributed by atoms with Crippen molar-refractivity contribution in [3.8, 4) is 0 Å². The van der Waals surface area contributed by atoms with Crippen molar-refractivity contribution < 1.29 is 0 Å². The van der Waals surface area contributed by atoms with Crippen molar-refractivity contribution in [1.29, 1.82) is 0 Å². The highest BCUT2D eigenvalue weighted by molar-refractivity contribution is 7.09. The van der Waals surface area contributed by atoms with Crippen LogP contribution in [0.4, 0.5) is 0 Å². The molecule has 0 spiro atoms. The van der Waals surface area contributed by atoms with Crippen molar-refractivity contribution >= 4 is 17.3 Å². The topological polar surface area (TPSA) is 61.6 Å². The summed E-state index contributed by atoms with van der Waals surface area (Å²) < 4.78 is 2.11. The molecule has 4 rings (SSSR count). The quantitative estimate of drug-likeness (QED) is 0.434. The van der Waals surface area contributed by atoms with E-state index in [1.165, 1.54) is 10.4 Å². The van der Waals surface area contributed by atoms with Gasteiger partial charge in [0, 0.05) is 57.1 Å². The molecule has 1 N–H and O–H groups in total. The third-order valence-electron chi connectivity index (χ3n) is 5.53. The second-order valence-electron chi connectivity index (χ2n) is 7.69. The number of rotatable bonds is 8. The van der Waals surface area contributed by atoms with Crippen molar-refractivity contribution in [1.82, 2.24) is 29.9 Å². The zero-order chi connectivity index (χ0) is 21.3. The van der Waals surface area contributed by atoms with E-state index in [9.17, 15) is 0 Å². The summed E-state index contributed by atoms with van der Waals surface area (Å²) in [6, 6.07) is 15.0. The number of hydrogen-bond acceptors (Lipinski definition) is 5. The van der Waals surface area contributed by atoms with Gasteiger partial charge in [0.25, 0.3) is 0 Å². The van der Waals surface area contributed by atoms with Crippen LogP contribution < -0.4 is 5.32 Å². The van der Waals surface area contributed by atoms with Gasteiger partial charge in [-0.2, -0.15) is 0 Å². The number of nitrogens with one attached hydrogen (secondary N) is 1. The molecule has 0 bridgehead atoms. The lowest BCUT2D eigenvalue weighted by Gasteiger charge is -2.36. The van der Waals surface area contributed by atoms with E-state index in [4.69, 9.17) is 4.99 Å². The number of thiophene rings is 1. The second kappa shape index (κ2) is 11.1. The summed E-state index contributed by atoms with van der Waals surface area (Å²) in [6.45, 7) is 9.53. The predicted octanol–water partition coefficient (Wildman–Crippen LogP) is 2.87. The number of hydrogen-bond donors (Lipinski definition) is 1. The van der Waals surface area contributed by atoms with E-state index >= 15 is 0 Å². The second-order valence-corrected chi connectivity index (χ2v) is 8.72. The molecule has 0 radical (unpaired) electrons. The minimum Gasteiger partial charge on any atom is -0.354 e. The van der Waals surface area contributed by atoms with Crippen molar-refractivity contribution in [2.45, 2.75) is 33.0 Å². The van der Waals surface area contributed by atoms with Gasteiger partial charge in [-0.3, -0.25) is 4.90 Å². The lowest BCUT2D eigenvalue weighted by Crippen LogP contribution is -2.52. The minimum atomic E-state index is 0.719. The van der Waals surface area contributed by atoms with Crippen LogP contribution >= 0.6 is 11.3 Å². The zero-order valence-corrected chi connectivity index (χ0v) is 19.0. The maximum absolute atomic E-state index is 4.94. The monoisotopic (exact) mass is 437 g/mol. The van der Waals surface area contributed by atoms with Crippen LogP contribution in [-0.2, 0) is 26.1 Å². The van der Waals surface area contributed by atoms with Gasteiger partial charge in [0.05, 0.1) is 6.54 Å². The molecule has 31 heavy (non-hydrogen) atoms. The molecule has 0 atom stereocenters. The van der Waals surface area contributed by atoms with E-state index in [-0.39, 0.29) is 0 Å². The zero-order valence-electron chi connectivity index (χ0n) is 18.2. The maximum atomic E-state index is 4.94. The molecule has 2 aromatic heterocycles. The molecule has 0 saturated carbocycles. The molecular formula is C23H31N7S. The first-order chi connectivity index (χ1) is 15.3. The van der Waals surface area contributed by atoms with E-state index in [2.05, 4.69) is 84.6 Å². The van der Waals surface area contributed by atoms with Crippen molar-refractivity contribution in [2.24, 2.45) is 4.99 Å². The SMILES string of the molecule is CCc1nncn1CCNC(=NCc1cccs1)N1CCN(Cc2ccccc2)CC1. The van der Waals surface area contributed by atoms with Gasteiger partial charge in [0.2, 0.25) is 0 Å². The maximum Gasteiger partial charge on any atom is 0.194 e. The number of aromatic nitrogens is 3. The fourth-order valence-electron chi connectivity index (χ4n) is 3.81. The lowest BCUT2D eigenvalue weighted by atomic mass is 10.2. The number of aryl methyl sites for hydroxylation is 1. The Bertz CT molecular complexity index is 928. The van der Waals surface area contributed by atoms with Gasteiger partial charge in [-0.15, -0.1) is 21.5 Å². The molecule has 1 aliphatic heterocycles. The highest BCUT2D eigenvalue weighted by atomic mass is 32.1. The Morgan fingerprint density at radius 1 is 1.10 bits per heavy atom. The number of piperazine rings is 1. The Balaban J connectivity index is 1.34. The molecule has 0 amide bonds. The van der Waals surface area contributed by atoms with E-state index in [1.807, 2.05) is 6.33 Å². The number of aliphatic imine (C=N–C) groups is 1. The molecule has 0 aliphatic carbocycles. The first kappa shape index (κ1) is 21.5. The van der Waals surface area contributed by atoms with Crippen molar-refractivity contribution in [3.63, 3.8) is 0 Å². The summed E-state index contributed by atoms with van der Waals surface area (Å²) in [5.41, 5.74) is 1.38. The molecule has 0 unspecified atom stereocenters. The summed E-state index contributed by atoms with van der Waals surface area (Å²) in [4.78, 5) is 11.1. The molecular weight excluding hydrogens is 406 g/mol. The molecule has 1 fully saturated rings. The highest BCUT2D eigenvalue weighted by Crippen LogP contribution is 2.12. The summed E-state index contributed by atoms with van der Waals surface area (Å²) >= 11 is 1.76. The van der Waals surface area contributed by atoms with Crippen LogP contribution in [0.15, 0.2) is 59.2 Å². The average Bonchev–Trinajstić information content (AvgIpc) is 3.49. The Morgan fingerprint density at radius 2 is 1.94 bits per heavy atom. The van der Waals surface area contributed by atoms with Gasteiger partial charge in [-0.25, -0.2) is 4.99 Å². The van der Waals surface area contributed by atoms with Crippen LogP contribution in [-0.4, -0.2) is 63.2 Å². The molecule has 1 aliphatic rings. The first-order valence-electron chi connectivity index (χ1n) is 11.0. The Hall–Kier alpha value is -2.71. The van der Waals surface area contributed by atoms with Crippen molar-refractivity contribution in [2.75, 3.05) is 32.7 Å². The van der Waals surface area contributed by atoms with Crippen LogP contribution in [0.1, 0.15) is 23.2 Å². The fraction of sp³-hybridized carbons (Fsp3) is 0.435. The van der Waals surface area contributed by atoms with Crippen LogP contribution in [0.2, 0.25) is 0 Å². The minimum absolute atomic E-state index is 0.719. The van der Waals surface area contributed by atoms with Crippen LogP contribution in [0.5, 0.6) is 0 Å². The third kappa shape index (κ3) is 6.15. The molecule has 1 saturated heterocycles. The fourth-order valence-corrected chi connectivity index (χ4v) is 4.44. The van der Waals surface area contributed by atoms with Crippen LogP contribution in [0, 0.1) is 0 Å². The van der Waals surface area contributed by atoms with Crippen molar-refractivity contribution in [3.05, 3.63) is 70.4 Å². The molecule has 3 heterocycles. The third-order valence-corrected chi connectivity index (χ3v) is 6.39. The van der Waals surface area contributed by atoms with Gasteiger partial charge >= 0.3 is 0 Å². The van der Waals surface area contributed by atoms with Crippen LogP contribution in [0.25, 0.3) is 0 Å². The predicted molar refractivity (Wildman–Crippen MR) is 126 cm³/mol.